The highest BCUT2D eigenvalue weighted by atomic mass is 35.5. The summed E-state index contributed by atoms with van der Waals surface area (Å²) in [6.07, 6.45) is 1.71. The molecule has 3 nitrogen and oxygen atoms in total. The van der Waals surface area contributed by atoms with Crippen molar-refractivity contribution in [3.05, 3.63) is 29.6 Å². The molecule has 0 radical (unpaired) electrons. The van der Waals surface area contributed by atoms with E-state index in [0.29, 0.717) is 24.5 Å². The van der Waals surface area contributed by atoms with Gasteiger partial charge in [-0.15, -0.1) is 11.6 Å². The van der Waals surface area contributed by atoms with Crippen LogP contribution in [0.4, 0.5) is 8.78 Å². The SMILES string of the molecule is CCCOCCCn1c(CCl)nc2c(F)cc(F)cc21. The van der Waals surface area contributed by atoms with Crippen molar-refractivity contribution in [3.63, 3.8) is 0 Å². The molecule has 0 fully saturated rings. The minimum atomic E-state index is -0.660. The van der Waals surface area contributed by atoms with Gasteiger partial charge in [0, 0.05) is 25.8 Å². The number of imidazole rings is 1. The Morgan fingerprint density at radius 2 is 2.10 bits per heavy atom. The molecular weight excluding hydrogens is 286 g/mol. The molecule has 0 N–H and O–H groups in total. The number of fused-ring (bicyclic) bond motifs is 1. The van der Waals surface area contributed by atoms with Crippen LogP contribution in [0.1, 0.15) is 25.6 Å². The van der Waals surface area contributed by atoms with Crippen LogP contribution in [0.5, 0.6) is 0 Å². The maximum atomic E-state index is 13.7. The first-order chi connectivity index (χ1) is 9.67. The number of halogens is 3. The Morgan fingerprint density at radius 3 is 2.80 bits per heavy atom. The molecule has 0 saturated heterocycles. The highest BCUT2D eigenvalue weighted by molar-refractivity contribution is 6.16. The lowest BCUT2D eigenvalue weighted by Gasteiger charge is -2.08. The molecule has 6 heteroatoms. The lowest BCUT2D eigenvalue weighted by Crippen LogP contribution is -2.06. The third-order valence-corrected chi connectivity index (χ3v) is 3.23. The number of hydrogen-bond donors (Lipinski definition) is 0. The van der Waals surface area contributed by atoms with Crippen molar-refractivity contribution in [2.75, 3.05) is 13.2 Å². The molecule has 110 valence electrons. The Kier molecular flexibility index (Phi) is 5.31. The van der Waals surface area contributed by atoms with E-state index in [9.17, 15) is 8.78 Å². The third-order valence-electron chi connectivity index (χ3n) is 2.99. The number of nitrogens with zero attached hydrogens (tertiary/aromatic N) is 2. The molecule has 0 saturated carbocycles. The van der Waals surface area contributed by atoms with Crippen molar-refractivity contribution in [2.24, 2.45) is 0 Å². The van der Waals surface area contributed by atoms with E-state index in [1.165, 1.54) is 6.07 Å². The largest absolute Gasteiger partial charge is 0.381 e. The second kappa shape index (κ2) is 6.99. The number of benzene rings is 1. The van der Waals surface area contributed by atoms with E-state index in [1.807, 2.05) is 6.92 Å². The van der Waals surface area contributed by atoms with E-state index in [2.05, 4.69) is 4.98 Å². The predicted octanol–water partition coefficient (Wildman–Crippen LogP) is 3.87. The molecule has 1 aromatic heterocycles. The number of aromatic nitrogens is 2. The zero-order valence-corrected chi connectivity index (χ0v) is 12.1. The molecular formula is C14H17ClF2N2O. The number of alkyl halides is 1. The Balaban J connectivity index is 2.21. The lowest BCUT2D eigenvalue weighted by molar-refractivity contribution is 0.129. The number of ether oxygens (including phenoxy) is 1. The normalized spacial score (nSPS) is 11.4. The van der Waals surface area contributed by atoms with Gasteiger partial charge in [-0.05, 0) is 18.9 Å². The van der Waals surface area contributed by atoms with Crippen LogP contribution in [0.25, 0.3) is 11.0 Å². The van der Waals surface area contributed by atoms with Gasteiger partial charge in [0.15, 0.2) is 5.82 Å². The van der Waals surface area contributed by atoms with Gasteiger partial charge in [-0.2, -0.15) is 0 Å². The molecule has 0 aliphatic rings. The van der Waals surface area contributed by atoms with Crippen molar-refractivity contribution in [3.8, 4) is 0 Å². The average Bonchev–Trinajstić information content (AvgIpc) is 2.77. The van der Waals surface area contributed by atoms with Crippen LogP contribution in [-0.4, -0.2) is 22.8 Å². The van der Waals surface area contributed by atoms with Crippen LogP contribution in [0.15, 0.2) is 12.1 Å². The van der Waals surface area contributed by atoms with E-state index < -0.39 is 11.6 Å². The fraction of sp³-hybridized carbons (Fsp3) is 0.500. The number of hydrogen-bond acceptors (Lipinski definition) is 2. The minimum absolute atomic E-state index is 0.158. The van der Waals surface area contributed by atoms with Crippen LogP contribution >= 0.6 is 11.6 Å². The molecule has 1 aromatic carbocycles. The zero-order valence-electron chi connectivity index (χ0n) is 11.3. The molecule has 0 aliphatic heterocycles. The van der Waals surface area contributed by atoms with E-state index in [4.69, 9.17) is 16.3 Å². The first kappa shape index (κ1) is 15.2. The van der Waals surface area contributed by atoms with Gasteiger partial charge in [0.1, 0.15) is 17.2 Å². The van der Waals surface area contributed by atoms with Gasteiger partial charge in [0.25, 0.3) is 0 Å². The molecule has 0 atom stereocenters. The van der Waals surface area contributed by atoms with E-state index in [-0.39, 0.29) is 11.4 Å². The smallest absolute Gasteiger partial charge is 0.153 e. The Bertz CT molecular complexity index is 586. The van der Waals surface area contributed by atoms with Crippen LogP contribution in [0.3, 0.4) is 0 Å². The molecule has 0 aliphatic carbocycles. The summed E-state index contributed by atoms with van der Waals surface area (Å²) in [5.74, 6) is -0.570. The van der Waals surface area contributed by atoms with E-state index in [1.54, 1.807) is 4.57 Å². The van der Waals surface area contributed by atoms with Gasteiger partial charge < -0.3 is 9.30 Å². The Labute approximate surface area is 121 Å². The molecule has 20 heavy (non-hydrogen) atoms. The van der Waals surface area contributed by atoms with E-state index >= 15 is 0 Å². The monoisotopic (exact) mass is 302 g/mol. The maximum absolute atomic E-state index is 13.7. The van der Waals surface area contributed by atoms with Crippen molar-refractivity contribution < 1.29 is 13.5 Å². The van der Waals surface area contributed by atoms with Gasteiger partial charge in [0.05, 0.1) is 11.4 Å². The lowest BCUT2D eigenvalue weighted by atomic mass is 10.3. The molecule has 0 unspecified atom stereocenters. The highest BCUT2D eigenvalue weighted by Gasteiger charge is 2.14. The van der Waals surface area contributed by atoms with E-state index in [0.717, 1.165) is 25.5 Å². The number of aryl methyl sites for hydroxylation is 1. The summed E-state index contributed by atoms with van der Waals surface area (Å²) >= 11 is 5.83. The average molecular weight is 303 g/mol. The minimum Gasteiger partial charge on any atom is -0.381 e. The summed E-state index contributed by atoms with van der Waals surface area (Å²) in [6.45, 7) is 3.94. The molecule has 1 heterocycles. The van der Waals surface area contributed by atoms with Crippen molar-refractivity contribution in [1.29, 1.82) is 0 Å². The fourth-order valence-corrected chi connectivity index (χ4v) is 2.32. The summed E-state index contributed by atoms with van der Waals surface area (Å²) in [7, 11) is 0. The Hall–Kier alpha value is -1.20. The van der Waals surface area contributed by atoms with Gasteiger partial charge in [-0.1, -0.05) is 6.92 Å². The highest BCUT2D eigenvalue weighted by Crippen LogP contribution is 2.22. The summed E-state index contributed by atoms with van der Waals surface area (Å²) in [6, 6.07) is 2.12. The summed E-state index contributed by atoms with van der Waals surface area (Å²) < 4.78 is 34.2. The second-order valence-corrected chi connectivity index (χ2v) is 4.80. The van der Waals surface area contributed by atoms with Gasteiger partial charge in [-0.25, -0.2) is 13.8 Å². The van der Waals surface area contributed by atoms with Gasteiger partial charge >= 0.3 is 0 Å². The van der Waals surface area contributed by atoms with Crippen LogP contribution in [0, 0.1) is 11.6 Å². The van der Waals surface area contributed by atoms with Crippen molar-refractivity contribution in [2.45, 2.75) is 32.2 Å². The molecule has 2 rings (SSSR count). The molecule has 0 amide bonds. The van der Waals surface area contributed by atoms with Crippen molar-refractivity contribution in [1.82, 2.24) is 9.55 Å². The second-order valence-electron chi connectivity index (χ2n) is 4.53. The Morgan fingerprint density at radius 1 is 1.30 bits per heavy atom. The van der Waals surface area contributed by atoms with Crippen LogP contribution in [-0.2, 0) is 17.2 Å². The maximum Gasteiger partial charge on any atom is 0.153 e. The summed E-state index contributed by atoms with van der Waals surface area (Å²) in [5, 5.41) is 0. The standard InChI is InChI=1S/C14H17ClF2N2O/c1-2-5-20-6-3-4-19-12-8-10(16)7-11(17)14(12)18-13(19)9-15/h7-8H,2-6,9H2,1H3. The summed E-state index contributed by atoms with van der Waals surface area (Å²) in [4.78, 5) is 4.14. The quantitative estimate of drug-likeness (QED) is 0.573. The van der Waals surface area contributed by atoms with Gasteiger partial charge in [0.2, 0.25) is 0 Å². The number of rotatable bonds is 7. The zero-order chi connectivity index (χ0) is 14.5. The molecule has 0 spiro atoms. The molecule has 2 aromatic rings. The first-order valence-electron chi connectivity index (χ1n) is 6.65. The predicted molar refractivity (Wildman–Crippen MR) is 74.9 cm³/mol. The topological polar surface area (TPSA) is 27.1 Å². The fourth-order valence-electron chi connectivity index (χ4n) is 2.12. The van der Waals surface area contributed by atoms with Crippen molar-refractivity contribution >= 4 is 22.6 Å². The van der Waals surface area contributed by atoms with Crippen LogP contribution < -0.4 is 0 Å². The van der Waals surface area contributed by atoms with Crippen LogP contribution in [0.2, 0.25) is 0 Å². The van der Waals surface area contributed by atoms with Gasteiger partial charge in [-0.3, -0.25) is 0 Å². The summed E-state index contributed by atoms with van der Waals surface area (Å²) in [5.41, 5.74) is 0.602. The first-order valence-corrected chi connectivity index (χ1v) is 7.18. The molecule has 0 bridgehead atoms. The third kappa shape index (κ3) is 3.27.